The number of rotatable bonds is 4. The molecule has 0 bridgehead atoms. The molecule has 1 fully saturated rings. The summed E-state index contributed by atoms with van der Waals surface area (Å²) in [6.07, 6.45) is 1.41. The van der Waals surface area contributed by atoms with Crippen molar-refractivity contribution < 1.29 is 9.59 Å². The number of nitrogens with zero attached hydrogens (tertiary/aromatic N) is 2. The van der Waals surface area contributed by atoms with Crippen LogP contribution in [0.25, 0.3) is 0 Å². The number of carbonyl (C=O) groups is 2. The van der Waals surface area contributed by atoms with Crippen molar-refractivity contribution in [1.29, 1.82) is 5.26 Å². The molecule has 0 radical (unpaired) electrons. The molecule has 1 saturated heterocycles. The van der Waals surface area contributed by atoms with Gasteiger partial charge < -0.3 is 10.2 Å². The number of nitriles is 1. The highest BCUT2D eigenvalue weighted by atomic mass is 79.9. The minimum absolute atomic E-state index is 0.0231. The Balaban J connectivity index is 1.66. The zero-order valence-corrected chi connectivity index (χ0v) is 16.6. The lowest BCUT2D eigenvalue weighted by Gasteiger charge is -2.33. The molecule has 0 aliphatic carbocycles. The van der Waals surface area contributed by atoms with E-state index in [1.165, 1.54) is 6.92 Å². The molecule has 2 aromatic rings. The largest absolute Gasteiger partial charge is 0.370 e. The van der Waals surface area contributed by atoms with E-state index in [1.54, 1.807) is 18.2 Å². The molecular weight excluding hydrogens is 406 g/mol. The van der Waals surface area contributed by atoms with E-state index >= 15 is 0 Å². The average Bonchev–Trinajstić information content (AvgIpc) is 2.69. The number of ketones is 1. The van der Waals surface area contributed by atoms with Crippen molar-refractivity contribution in [2.45, 2.75) is 19.8 Å². The minimum atomic E-state index is -0.0635. The molecule has 1 aliphatic heterocycles. The van der Waals surface area contributed by atoms with Crippen LogP contribution < -0.4 is 10.2 Å². The predicted octanol–water partition coefficient (Wildman–Crippen LogP) is 4.38. The average molecular weight is 426 g/mol. The number of carbonyl (C=O) groups excluding carboxylic acids is 2. The quantitative estimate of drug-likeness (QED) is 0.737. The van der Waals surface area contributed by atoms with Gasteiger partial charge in [-0.15, -0.1) is 0 Å². The van der Waals surface area contributed by atoms with E-state index < -0.39 is 0 Å². The standard InChI is InChI=1S/C21H20BrN3O2/c1-14(26)16-2-3-17(13-23)20(12-16)25-10-8-15(9-11-25)21(27)24-19-6-4-18(22)5-7-19/h2-7,12,15H,8-11H2,1H3,(H,24,27). The van der Waals surface area contributed by atoms with Crippen LogP contribution in [0, 0.1) is 17.2 Å². The Labute approximate surface area is 167 Å². The van der Waals surface area contributed by atoms with Gasteiger partial charge in [0.05, 0.1) is 11.3 Å². The van der Waals surface area contributed by atoms with Gasteiger partial charge in [0, 0.05) is 34.7 Å². The molecule has 0 atom stereocenters. The fraction of sp³-hybridized carbons (Fsp3) is 0.286. The van der Waals surface area contributed by atoms with Crippen molar-refractivity contribution in [1.82, 2.24) is 0 Å². The number of hydrogen-bond donors (Lipinski definition) is 1. The number of amides is 1. The first kappa shape index (κ1) is 19.1. The molecule has 0 spiro atoms. The minimum Gasteiger partial charge on any atom is -0.370 e. The number of hydrogen-bond acceptors (Lipinski definition) is 4. The molecule has 5 nitrogen and oxygen atoms in total. The van der Waals surface area contributed by atoms with E-state index in [1.807, 2.05) is 24.3 Å². The topological polar surface area (TPSA) is 73.2 Å². The van der Waals surface area contributed by atoms with E-state index in [-0.39, 0.29) is 17.6 Å². The van der Waals surface area contributed by atoms with Crippen molar-refractivity contribution in [3.8, 4) is 6.07 Å². The van der Waals surface area contributed by atoms with E-state index in [4.69, 9.17) is 0 Å². The second-order valence-electron chi connectivity index (χ2n) is 6.66. The lowest BCUT2D eigenvalue weighted by molar-refractivity contribution is -0.120. The monoisotopic (exact) mass is 425 g/mol. The molecule has 27 heavy (non-hydrogen) atoms. The summed E-state index contributed by atoms with van der Waals surface area (Å²) in [5, 5.41) is 12.3. The summed E-state index contributed by atoms with van der Waals surface area (Å²) in [7, 11) is 0. The van der Waals surface area contributed by atoms with Crippen LogP contribution in [0.5, 0.6) is 0 Å². The van der Waals surface area contributed by atoms with Crippen LogP contribution >= 0.6 is 15.9 Å². The highest BCUT2D eigenvalue weighted by molar-refractivity contribution is 9.10. The summed E-state index contributed by atoms with van der Waals surface area (Å²) >= 11 is 3.38. The third-order valence-corrected chi connectivity index (χ3v) is 5.37. The predicted molar refractivity (Wildman–Crippen MR) is 109 cm³/mol. The first-order valence-corrected chi connectivity index (χ1v) is 9.63. The highest BCUT2D eigenvalue weighted by Crippen LogP contribution is 2.28. The summed E-state index contributed by atoms with van der Waals surface area (Å²) < 4.78 is 0.967. The van der Waals surface area contributed by atoms with Gasteiger partial charge in [-0.25, -0.2) is 0 Å². The van der Waals surface area contributed by atoms with E-state index in [0.29, 0.717) is 37.1 Å². The summed E-state index contributed by atoms with van der Waals surface area (Å²) in [5.41, 5.74) is 2.71. The zero-order chi connectivity index (χ0) is 19.4. The lowest BCUT2D eigenvalue weighted by atomic mass is 9.94. The van der Waals surface area contributed by atoms with E-state index in [2.05, 4.69) is 32.2 Å². The molecule has 0 unspecified atom stereocenters. The Morgan fingerprint density at radius 2 is 1.81 bits per heavy atom. The van der Waals surface area contributed by atoms with Crippen LogP contribution in [0.4, 0.5) is 11.4 Å². The Morgan fingerprint density at radius 1 is 1.15 bits per heavy atom. The molecular formula is C21H20BrN3O2. The van der Waals surface area contributed by atoms with Crippen LogP contribution in [0.15, 0.2) is 46.9 Å². The molecule has 1 aliphatic rings. The van der Waals surface area contributed by atoms with Crippen molar-refractivity contribution >= 4 is 39.0 Å². The third-order valence-electron chi connectivity index (χ3n) is 4.84. The van der Waals surface area contributed by atoms with Gasteiger partial charge in [-0.2, -0.15) is 5.26 Å². The highest BCUT2D eigenvalue weighted by Gasteiger charge is 2.26. The van der Waals surface area contributed by atoms with Gasteiger partial charge in [0.1, 0.15) is 6.07 Å². The van der Waals surface area contributed by atoms with Crippen LogP contribution in [0.2, 0.25) is 0 Å². The third kappa shape index (κ3) is 4.55. The summed E-state index contributed by atoms with van der Waals surface area (Å²) in [6, 6.07) is 14.9. The van der Waals surface area contributed by atoms with E-state index in [9.17, 15) is 14.9 Å². The van der Waals surface area contributed by atoms with Gasteiger partial charge in [0.25, 0.3) is 0 Å². The molecule has 1 N–H and O–H groups in total. The smallest absolute Gasteiger partial charge is 0.227 e. The number of halogens is 1. The first-order valence-electron chi connectivity index (χ1n) is 8.84. The van der Waals surface area contributed by atoms with Gasteiger partial charge in [-0.05, 0) is 62.2 Å². The van der Waals surface area contributed by atoms with E-state index in [0.717, 1.165) is 15.8 Å². The second kappa shape index (κ2) is 8.36. The summed E-state index contributed by atoms with van der Waals surface area (Å²) in [5.74, 6) is -0.0640. The van der Waals surface area contributed by atoms with Gasteiger partial charge >= 0.3 is 0 Å². The zero-order valence-electron chi connectivity index (χ0n) is 15.0. The molecule has 138 valence electrons. The van der Waals surface area contributed by atoms with Crippen LogP contribution in [0.1, 0.15) is 35.7 Å². The Bertz CT molecular complexity index is 895. The lowest BCUT2D eigenvalue weighted by Crippen LogP contribution is -2.38. The first-order chi connectivity index (χ1) is 13.0. The second-order valence-corrected chi connectivity index (χ2v) is 7.57. The maximum atomic E-state index is 12.5. The maximum Gasteiger partial charge on any atom is 0.227 e. The number of anilines is 2. The number of benzene rings is 2. The van der Waals surface area contributed by atoms with Crippen molar-refractivity contribution in [3.05, 3.63) is 58.1 Å². The van der Waals surface area contributed by atoms with Crippen molar-refractivity contribution in [3.63, 3.8) is 0 Å². The molecule has 0 aromatic heterocycles. The Kier molecular flexibility index (Phi) is 5.92. The Hall–Kier alpha value is -2.65. The van der Waals surface area contributed by atoms with Crippen molar-refractivity contribution in [2.75, 3.05) is 23.3 Å². The van der Waals surface area contributed by atoms with Crippen LogP contribution in [-0.2, 0) is 4.79 Å². The molecule has 1 amide bonds. The number of Topliss-reactive ketones (excluding diaryl/α,β-unsaturated/α-hetero) is 1. The van der Waals surface area contributed by atoms with Gasteiger partial charge in [0.15, 0.2) is 5.78 Å². The fourth-order valence-corrected chi connectivity index (χ4v) is 3.53. The molecule has 0 saturated carbocycles. The SMILES string of the molecule is CC(=O)c1ccc(C#N)c(N2CCC(C(=O)Nc3ccc(Br)cc3)CC2)c1. The molecule has 3 rings (SSSR count). The van der Waals surface area contributed by atoms with Gasteiger partial charge in [0.2, 0.25) is 5.91 Å². The number of nitrogens with one attached hydrogen (secondary N) is 1. The molecule has 1 heterocycles. The summed E-state index contributed by atoms with van der Waals surface area (Å²) in [4.78, 5) is 26.3. The summed E-state index contributed by atoms with van der Waals surface area (Å²) in [6.45, 7) is 2.87. The van der Waals surface area contributed by atoms with Gasteiger partial charge in [-0.3, -0.25) is 9.59 Å². The number of piperidine rings is 1. The van der Waals surface area contributed by atoms with Crippen LogP contribution in [0.3, 0.4) is 0 Å². The Morgan fingerprint density at radius 3 is 2.41 bits per heavy atom. The fourth-order valence-electron chi connectivity index (χ4n) is 3.27. The molecule has 6 heteroatoms. The normalized spacial score (nSPS) is 14.5. The van der Waals surface area contributed by atoms with Crippen molar-refractivity contribution in [2.24, 2.45) is 5.92 Å². The molecule has 2 aromatic carbocycles. The maximum absolute atomic E-state index is 12.5. The van der Waals surface area contributed by atoms with Gasteiger partial charge in [-0.1, -0.05) is 15.9 Å². The van der Waals surface area contributed by atoms with Crippen LogP contribution in [-0.4, -0.2) is 24.8 Å².